The van der Waals surface area contributed by atoms with Crippen molar-refractivity contribution < 1.29 is 35.6 Å². The van der Waals surface area contributed by atoms with E-state index in [1.54, 1.807) is 12.1 Å². The van der Waals surface area contributed by atoms with Crippen molar-refractivity contribution in [3.05, 3.63) is 114 Å². The summed E-state index contributed by atoms with van der Waals surface area (Å²) in [5, 5.41) is 16.3. The Balaban J connectivity index is 0.00000280. The maximum atomic E-state index is 13.3. The van der Waals surface area contributed by atoms with Crippen molar-refractivity contribution in [2.45, 2.75) is 31.1 Å². The zero-order chi connectivity index (χ0) is 24.6. The molecule has 3 aromatic carbocycles. The standard InChI is InChI=1S/C29H29FN3O3.ClH/c30-24-11-13-25(14-12-24)35-26-19-33(17-15-21(26)16-18-33)20-27-31-28(36-32-27)29(34,22-7-3-1-4-8-22)23-9-5-2-6-10-23;/h1-14,21,26,34H,15-20H2;1H/q+1;/p-1/t21?,26-,33?;/m0./s1. The SMILES string of the molecule is OC(c1ccccc1)(c1ccccc1)c1nc(C[N+]23CCC(CC2)[C@@H](Oc2ccc(F)cc2)C3)no1.[Cl-]. The average Bonchev–Trinajstić information content (AvgIpc) is 3.39. The van der Waals surface area contributed by atoms with Gasteiger partial charge in [0.1, 0.15) is 24.7 Å². The quantitative estimate of drug-likeness (QED) is 0.375. The number of benzene rings is 3. The van der Waals surface area contributed by atoms with Crippen molar-refractivity contribution in [1.82, 2.24) is 10.1 Å². The zero-order valence-corrected chi connectivity index (χ0v) is 21.1. The molecule has 3 fully saturated rings. The zero-order valence-electron chi connectivity index (χ0n) is 20.3. The van der Waals surface area contributed by atoms with Crippen molar-refractivity contribution in [1.29, 1.82) is 0 Å². The van der Waals surface area contributed by atoms with Gasteiger partial charge in [-0.3, -0.25) is 0 Å². The smallest absolute Gasteiger partial charge is 0.268 e. The van der Waals surface area contributed by atoms with Crippen LogP contribution in [0.2, 0.25) is 0 Å². The van der Waals surface area contributed by atoms with Gasteiger partial charge in [0.25, 0.3) is 5.89 Å². The largest absolute Gasteiger partial charge is 1.00 e. The highest BCUT2D eigenvalue weighted by atomic mass is 35.5. The third-order valence-corrected chi connectivity index (χ3v) is 7.78. The molecule has 4 heterocycles. The molecule has 1 N–H and O–H groups in total. The minimum absolute atomic E-state index is 0. The van der Waals surface area contributed by atoms with Gasteiger partial charge in [0.2, 0.25) is 5.82 Å². The molecule has 3 aliphatic rings. The summed E-state index contributed by atoms with van der Waals surface area (Å²) in [6, 6.07) is 25.1. The van der Waals surface area contributed by atoms with Crippen molar-refractivity contribution in [3.8, 4) is 5.75 Å². The van der Waals surface area contributed by atoms with Gasteiger partial charge in [-0.25, -0.2) is 4.39 Å². The minimum Gasteiger partial charge on any atom is -1.00 e. The highest BCUT2D eigenvalue weighted by Gasteiger charge is 2.48. The van der Waals surface area contributed by atoms with Crippen LogP contribution in [0.15, 0.2) is 89.5 Å². The Morgan fingerprint density at radius 2 is 1.51 bits per heavy atom. The van der Waals surface area contributed by atoms with Crippen LogP contribution >= 0.6 is 0 Å². The van der Waals surface area contributed by atoms with Gasteiger partial charge in [-0.15, -0.1) is 0 Å². The van der Waals surface area contributed by atoms with Gasteiger partial charge in [0.15, 0.2) is 11.7 Å². The molecule has 0 aliphatic carbocycles. The molecular weight excluding hydrogens is 493 g/mol. The van der Waals surface area contributed by atoms with Crippen LogP contribution in [-0.2, 0) is 12.1 Å². The number of hydrogen-bond donors (Lipinski definition) is 1. The summed E-state index contributed by atoms with van der Waals surface area (Å²) < 4.78 is 26.2. The molecule has 7 rings (SSSR count). The van der Waals surface area contributed by atoms with Crippen LogP contribution in [0.5, 0.6) is 5.75 Å². The third kappa shape index (κ3) is 4.87. The van der Waals surface area contributed by atoms with Gasteiger partial charge < -0.3 is 31.3 Å². The number of quaternary nitrogens is 1. The normalized spacial score (nSPS) is 22.9. The summed E-state index contributed by atoms with van der Waals surface area (Å²) in [5.74, 6) is 1.68. The summed E-state index contributed by atoms with van der Waals surface area (Å²) in [5.41, 5.74) is -0.202. The summed E-state index contributed by atoms with van der Waals surface area (Å²) in [6.45, 7) is 3.51. The van der Waals surface area contributed by atoms with Crippen molar-refractivity contribution >= 4 is 0 Å². The fourth-order valence-electron chi connectivity index (χ4n) is 5.80. The molecule has 192 valence electrons. The number of ether oxygens (including phenoxy) is 1. The number of hydrogen-bond acceptors (Lipinski definition) is 5. The lowest BCUT2D eigenvalue weighted by atomic mass is 9.83. The van der Waals surface area contributed by atoms with E-state index in [1.165, 1.54) is 12.1 Å². The number of piperidine rings is 3. The van der Waals surface area contributed by atoms with E-state index in [4.69, 9.17) is 14.2 Å². The van der Waals surface area contributed by atoms with E-state index in [0.29, 0.717) is 35.2 Å². The highest BCUT2D eigenvalue weighted by molar-refractivity contribution is 5.41. The van der Waals surface area contributed by atoms with Crippen LogP contribution < -0.4 is 17.1 Å². The van der Waals surface area contributed by atoms with E-state index in [9.17, 15) is 9.50 Å². The number of aromatic nitrogens is 2. The Morgan fingerprint density at radius 1 is 0.919 bits per heavy atom. The first-order valence-corrected chi connectivity index (χ1v) is 12.5. The number of fused-ring (bicyclic) bond motifs is 3. The van der Waals surface area contributed by atoms with Crippen molar-refractivity contribution in [2.24, 2.45) is 5.92 Å². The van der Waals surface area contributed by atoms with Crippen LogP contribution in [-0.4, -0.2) is 45.5 Å². The predicted octanol–water partition coefficient (Wildman–Crippen LogP) is 1.68. The molecule has 3 saturated heterocycles. The predicted molar refractivity (Wildman–Crippen MR) is 131 cm³/mol. The Kier molecular flexibility index (Phi) is 7.03. The van der Waals surface area contributed by atoms with Crippen molar-refractivity contribution in [2.75, 3.05) is 19.6 Å². The van der Waals surface area contributed by atoms with Gasteiger partial charge in [-0.2, -0.15) is 4.98 Å². The molecule has 0 spiro atoms. The van der Waals surface area contributed by atoms with Crippen LogP contribution in [0.4, 0.5) is 4.39 Å². The van der Waals surface area contributed by atoms with Crippen molar-refractivity contribution in [3.63, 3.8) is 0 Å². The highest BCUT2D eigenvalue weighted by Crippen LogP contribution is 2.39. The molecule has 0 radical (unpaired) electrons. The first kappa shape index (κ1) is 25.4. The Hall–Kier alpha value is -3.26. The minimum atomic E-state index is -1.54. The Bertz CT molecular complexity index is 1270. The second-order valence-corrected chi connectivity index (χ2v) is 10.0. The second-order valence-electron chi connectivity index (χ2n) is 10.0. The molecule has 0 unspecified atom stereocenters. The summed E-state index contributed by atoms with van der Waals surface area (Å²) in [4.78, 5) is 4.73. The van der Waals surface area contributed by atoms with E-state index >= 15 is 0 Å². The number of rotatable bonds is 7. The van der Waals surface area contributed by atoms with Gasteiger partial charge in [0, 0.05) is 18.8 Å². The molecule has 4 aromatic rings. The van der Waals surface area contributed by atoms with Gasteiger partial charge in [-0.05, 0) is 35.4 Å². The number of halogens is 2. The van der Waals surface area contributed by atoms with E-state index in [0.717, 1.165) is 37.0 Å². The lowest BCUT2D eigenvalue weighted by Crippen LogP contribution is -3.00. The van der Waals surface area contributed by atoms with Crippen LogP contribution in [0.3, 0.4) is 0 Å². The van der Waals surface area contributed by atoms with Gasteiger partial charge >= 0.3 is 0 Å². The summed E-state index contributed by atoms with van der Waals surface area (Å²) in [7, 11) is 0. The maximum Gasteiger partial charge on any atom is 0.268 e. The van der Waals surface area contributed by atoms with Gasteiger partial charge in [-0.1, -0.05) is 65.8 Å². The molecule has 8 heteroatoms. The lowest BCUT2D eigenvalue weighted by Gasteiger charge is -2.51. The van der Waals surface area contributed by atoms with Crippen LogP contribution in [0.25, 0.3) is 0 Å². The molecule has 2 bridgehead atoms. The number of nitrogens with zero attached hydrogens (tertiary/aromatic N) is 3. The molecular formula is C29H29ClFN3O3. The van der Waals surface area contributed by atoms with Gasteiger partial charge in [0.05, 0.1) is 13.1 Å². The molecule has 6 nitrogen and oxygen atoms in total. The summed E-state index contributed by atoms with van der Waals surface area (Å²) >= 11 is 0. The molecule has 0 saturated carbocycles. The Morgan fingerprint density at radius 3 is 2.11 bits per heavy atom. The van der Waals surface area contributed by atoms with E-state index in [1.807, 2.05) is 60.7 Å². The number of aliphatic hydroxyl groups is 1. The third-order valence-electron chi connectivity index (χ3n) is 7.78. The first-order chi connectivity index (χ1) is 17.5. The average molecular weight is 522 g/mol. The first-order valence-electron chi connectivity index (χ1n) is 12.5. The Labute approximate surface area is 221 Å². The molecule has 1 aromatic heterocycles. The lowest BCUT2D eigenvalue weighted by molar-refractivity contribution is -0.958. The molecule has 0 amide bonds. The maximum absolute atomic E-state index is 13.3. The summed E-state index contributed by atoms with van der Waals surface area (Å²) in [6.07, 6.45) is 2.19. The fourth-order valence-corrected chi connectivity index (χ4v) is 5.80. The topological polar surface area (TPSA) is 68.4 Å². The molecule has 37 heavy (non-hydrogen) atoms. The van der Waals surface area contributed by atoms with Crippen LogP contribution in [0.1, 0.15) is 35.7 Å². The monoisotopic (exact) mass is 521 g/mol. The van der Waals surface area contributed by atoms with E-state index in [2.05, 4.69) is 5.16 Å². The fraction of sp³-hybridized carbons (Fsp3) is 0.310. The molecule has 1 atom stereocenters. The van der Waals surface area contributed by atoms with E-state index < -0.39 is 5.60 Å². The molecule has 3 aliphatic heterocycles. The van der Waals surface area contributed by atoms with E-state index in [-0.39, 0.29) is 30.2 Å². The van der Waals surface area contributed by atoms with Crippen LogP contribution in [0, 0.1) is 11.7 Å². The second kappa shape index (κ2) is 10.2.